The maximum atomic E-state index is 12.1. The van der Waals surface area contributed by atoms with Gasteiger partial charge in [0.25, 0.3) is 5.91 Å². The Hall–Kier alpha value is -2.86. The minimum Gasteiger partial charge on any atom is -0.373 e. The zero-order chi connectivity index (χ0) is 22.9. The summed E-state index contributed by atoms with van der Waals surface area (Å²) < 4.78 is 6.15. The molecule has 0 aromatic heterocycles. The lowest BCUT2D eigenvalue weighted by Gasteiger charge is -2.32. The predicted molar refractivity (Wildman–Crippen MR) is 130 cm³/mol. The van der Waals surface area contributed by atoms with Gasteiger partial charge in [0.15, 0.2) is 5.96 Å². The first-order valence-electron chi connectivity index (χ1n) is 11.5. The largest absolute Gasteiger partial charge is 0.373 e. The lowest BCUT2D eigenvalue weighted by Crippen LogP contribution is -2.42. The number of ether oxygens (including phenoxy) is 1. The first kappa shape index (κ1) is 23.8. The number of hydrogen-bond donors (Lipinski definition) is 2. The van der Waals surface area contributed by atoms with Crippen LogP contribution in [0.3, 0.4) is 0 Å². The standard InChI is InChI=1S/C26H36N4O2/c1-5-27-26(28-17-20-10-14-22(15-11-20)25(31)30(3)4)29-18-23-7-6-16-32-24(23)21-12-8-19(2)9-13-21/h8-15,23-24H,5-7,16-18H2,1-4H3,(H2,27,28,29). The van der Waals surface area contributed by atoms with Crippen molar-refractivity contribution in [3.63, 3.8) is 0 Å². The lowest BCUT2D eigenvalue weighted by molar-refractivity contribution is -0.0265. The van der Waals surface area contributed by atoms with E-state index in [1.807, 2.05) is 24.3 Å². The summed E-state index contributed by atoms with van der Waals surface area (Å²) in [6.07, 6.45) is 2.33. The van der Waals surface area contributed by atoms with Gasteiger partial charge in [0, 0.05) is 45.3 Å². The molecule has 2 unspecified atom stereocenters. The van der Waals surface area contributed by atoms with Crippen molar-refractivity contribution >= 4 is 11.9 Å². The Bertz CT molecular complexity index is 891. The Morgan fingerprint density at radius 3 is 2.47 bits per heavy atom. The molecular weight excluding hydrogens is 400 g/mol. The fourth-order valence-corrected chi connectivity index (χ4v) is 3.93. The maximum absolute atomic E-state index is 12.1. The highest BCUT2D eigenvalue weighted by molar-refractivity contribution is 5.93. The summed E-state index contributed by atoms with van der Waals surface area (Å²) in [4.78, 5) is 18.4. The van der Waals surface area contributed by atoms with E-state index >= 15 is 0 Å². The van der Waals surface area contributed by atoms with E-state index < -0.39 is 0 Å². The number of nitrogens with zero attached hydrogens (tertiary/aromatic N) is 2. The topological polar surface area (TPSA) is 66.0 Å². The number of aryl methyl sites for hydroxylation is 1. The summed E-state index contributed by atoms with van der Waals surface area (Å²) >= 11 is 0. The first-order chi connectivity index (χ1) is 15.5. The fraction of sp³-hybridized carbons (Fsp3) is 0.462. The zero-order valence-corrected chi connectivity index (χ0v) is 19.7. The van der Waals surface area contributed by atoms with Crippen LogP contribution in [0.4, 0.5) is 0 Å². The molecule has 1 aliphatic rings. The van der Waals surface area contributed by atoms with Crippen LogP contribution in [0.5, 0.6) is 0 Å². The van der Waals surface area contributed by atoms with Crippen molar-refractivity contribution in [2.24, 2.45) is 10.9 Å². The van der Waals surface area contributed by atoms with Gasteiger partial charge in [0.1, 0.15) is 0 Å². The SMILES string of the molecule is CCNC(=NCc1ccc(C(=O)N(C)C)cc1)NCC1CCCOC1c1ccc(C)cc1. The van der Waals surface area contributed by atoms with E-state index in [0.29, 0.717) is 18.0 Å². The molecule has 3 rings (SSSR count). The van der Waals surface area contributed by atoms with Crippen LogP contribution in [0.25, 0.3) is 0 Å². The molecule has 0 radical (unpaired) electrons. The second-order valence-electron chi connectivity index (χ2n) is 8.58. The number of hydrogen-bond acceptors (Lipinski definition) is 3. The highest BCUT2D eigenvalue weighted by Gasteiger charge is 2.27. The summed E-state index contributed by atoms with van der Waals surface area (Å²) in [7, 11) is 3.52. The molecule has 0 aliphatic carbocycles. The molecule has 6 nitrogen and oxygen atoms in total. The van der Waals surface area contributed by atoms with Crippen molar-refractivity contribution in [3.05, 3.63) is 70.8 Å². The van der Waals surface area contributed by atoms with Gasteiger partial charge >= 0.3 is 0 Å². The monoisotopic (exact) mass is 436 g/mol. The van der Waals surface area contributed by atoms with Crippen molar-refractivity contribution < 1.29 is 9.53 Å². The van der Waals surface area contributed by atoms with E-state index in [4.69, 9.17) is 9.73 Å². The first-order valence-corrected chi connectivity index (χ1v) is 11.5. The Labute approximate surface area is 192 Å². The van der Waals surface area contributed by atoms with E-state index in [1.165, 1.54) is 11.1 Å². The van der Waals surface area contributed by atoms with Gasteiger partial charge in [-0.2, -0.15) is 0 Å². The zero-order valence-electron chi connectivity index (χ0n) is 19.7. The van der Waals surface area contributed by atoms with Crippen LogP contribution >= 0.6 is 0 Å². The van der Waals surface area contributed by atoms with Crippen molar-refractivity contribution in [1.29, 1.82) is 0 Å². The van der Waals surface area contributed by atoms with Crippen molar-refractivity contribution in [2.45, 2.75) is 39.3 Å². The molecule has 2 aromatic rings. The summed E-state index contributed by atoms with van der Waals surface area (Å²) in [5.74, 6) is 1.20. The fourth-order valence-electron chi connectivity index (χ4n) is 3.93. The average Bonchev–Trinajstić information content (AvgIpc) is 2.81. The second kappa shape index (κ2) is 11.7. The van der Waals surface area contributed by atoms with E-state index in [9.17, 15) is 4.79 Å². The molecule has 2 aromatic carbocycles. The molecule has 1 aliphatic heterocycles. The third-order valence-corrected chi connectivity index (χ3v) is 5.75. The third-order valence-electron chi connectivity index (χ3n) is 5.75. The molecule has 0 bridgehead atoms. The van der Waals surface area contributed by atoms with E-state index in [-0.39, 0.29) is 12.0 Å². The molecule has 1 amide bonds. The van der Waals surface area contributed by atoms with Gasteiger partial charge in [0.2, 0.25) is 0 Å². The van der Waals surface area contributed by atoms with Crippen LogP contribution in [0, 0.1) is 12.8 Å². The summed E-state index contributed by atoms with van der Waals surface area (Å²) in [6, 6.07) is 16.3. The maximum Gasteiger partial charge on any atom is 0.253 e. The summed E-state index contributed by atoms with van der Waals surface area (Å²) in [5.41, 5.74) is 4.26. The van der Waals surface area contributed by atoms with Gasteiger partial charge in [-0.1, -0.05) is 42.0 Å². The molecule has 1 saturated heterocycles. The minimum absolute atomic E-state index is 0.00730. The number of aliphatic imine (C=N–C) groups is 1. The number of amides is 1. The van der Waals surface area contributed by atoms with Gasteiger partial charge in [0.05, 0.1) is 12.6 Å². The Kier molecular flexibility index (Phi) is 8.68. The van der Waals surface area contributed by atoms with Gasteiger partial charge in [-0.3, -0.25) is 4.79 Å². The quantitative estimate of drug-likeness (QED) is 0.510. The Morgan fingerprint density at radius 1 is 1.09 bits per heavy atom. The highest BCUT2D eigenvalue weighted by Crippen LogP contribution is 2.33. The molecule has 32 heavy (non-hydrogen) atoms. The van der Waals surface area contributed by atoms with Gasteiger partial charge in [-0.05, 0) is 49.9 Å². The van der Waals surface area contributed by atoms with Gasteiger partial charge in [-0.15, -0.1) is 0 Å². The number of rotatable bonds is 7. The molecule has 172 valence electrons. The van der Waals surface area contributed by atoms with Crippen LogP contribution in [-0.2, 0) is 11.3 Å². The van der Waals surface area contributed by atoms with Crippen molar-refractivity contribution in [2.75, 3.05) is 33.8 Å². The molecule has 2 N–H and O–H groups in total. The van der Waals surface area contributed by atoms with E-state index in [2.05, 4.69) is 48.7 Å². The van der Waals surface area contributed by atoms with Gasteiger partial charge in [-0.25, -0.2) is 4.99 Å². The molecular formula is C26H36N4O2. The van der Waals surface area contributed by atoms with Crippen molar-refractivity contribution in [3.8, 4) is 0 Å². The van der Waals surface area contributed by atoms with Crippen LogP contribution in [0.1, 0.15) is 52.9 Å². The van der Waals surface area contributed by atoms with E-state index in [0.717, 1.165) is 44.1 Å². The minimum atomic E-state index is 0.00730. The molecule has 6 heteroatoms. The van der Waals surface area contributed by atoms with Gasteiger partial charge < -0.3 is 20.3 Å². The molecule has 0 spiro atoms. The number of carbonyl (C=O) groups is 1. The third kappa shape index (κ3) is 6.57. The Balaban J connectivity index is 1.62. The highest BCUT2D eigenvalue weighted by atomic mass is 16.5. The normalized spacial score (nSPS) is 18.8. The summed E-state index contributed by atoms with van der Waals surface area (Å²) in [6.45, 7) is 7.14. The molecule has 1 fully saturated rings. The molecule has 0 saturated carbocycles. The number of guanidine groups is 1. The van der Waals surface area contributed by atoms with E-state index in [1.54, 1.807) is 19.0 Å². The van der Waals surface area contributed by atoms with Crippen molar-refractivity contribution in [1.82, 2.24) is 15.5 Å². The number of nitrogens with one attached hydrogen (secondary N) is 2. The smallest absolute Gasteiger partial charge is 0.253 e. The molecule has 1 heterocycles. The Morgan fingerprint density at radius 2 is 1.81 bits per heavy atom. The number of benzene rings is 2. The van der Waals surface area contributed by atoms with Crippen LogP contribution in [0.2, 0.25) is 0 Å². The predicted octanol–water partition coefficient (Wildman–Crippen LogP) is 3.92. The van der Waals surface area contributed by atoms with Crippen LogP contribution in [0.15, 0.2) is 53.5 Å². The second-order valence-corrected chi connectivity index (χ2v) is 8.58. The average molecular weight is 437 g/mol. The summed E-state index contributed by atoms with van der Waals surface area (Å²) in [5, 5.41) is 6.85. The molecule has 2 atom stereocenters. The lowest BCUT2D eigenvalue weighted by atomic mass is 9.89. The number of carbonyl (C=O) groups excluding carboxylic acids is 1. The van der Waals surface area contributed by atoms with Crippen LogP contribution in [-0.4, -0.2) is 50.6 Å². The van der Waals surface area contributed by atoms with Crippen LogP contribution < -0.4 is 10.6 Å².